The van der Waals surface area contributed by atoms with Crippen molar-refractivity contribution in [2.24, 2.45) is 0 Å². The zero-order valence-corrected chi connectivity index (χ0v) is 13.2. The molecule has 0 saturated heterocycles. The van der Waals surface area contributed by atoms with Crippen LogP contribution in [0, 0.1) is 0 Å². The minimum Gasteiger partial charge on any atom is -0.497 e. The molecule has 1 heterocycles. The minimum absolute atomic E-state index is 0.231. The van der Waals surface area contributed by atoms with E-state index in [1.54, 1.807) is 43.6 Å². The summed E-state index contributed by atoms with van der Waals surface area (Å²) in [5, 5.41) is 6.01. The minimum atomic E-state index is -0.231. The van der Waals surface area contributed by atoms with Crippen molar-refractivity contribution in [1.29, 1.82) is 0 Å². The molecule has 2 aromatic carbocycles. The summed E-state index contributed by atoms with van der Waals surface area (Å²) in [7, 11) is 1.57. The first-order valence-electron chi connectivity index (χ1n) is 7.48. The van der Waals surface area contributed by atoms with Crippen molar-refractivity contribution in [1.82, 2.24) is 4.98 Å². The summed E-state index contributed by atoms with van der Waals surface area (Å²) in [6.45, 7) is 0. The molecule has 5 nitrogen and oxygen atoms in total. The lowest BCUT2D eigenvalue weighted by atomic mass is 10.2. The van der Waals surface area contributed by atoms with Crippen molar-refractivity contribution in [3.63, 3.8) is 0 Å². The number of para-hydroxylation sites is 1. The summed E-state index contributed by atoms with van der Waals surface area (Å²) >= 11 is 0. The fourth-order valence-corrected chi connectivity index (χ4v) is 2.18. The SMILES string of the molecule is COc1cccc(C(=O)Nc2ccc(Nc3ccccc3)cn2)c1. The van der Waals surface area contributed by atoms with E-state index in [0.29, 0.717) is 17.1 Å². The maximum Gasteiger partial charge on any atom is 0.256 e. The Bertz CT molecular complexity index is 818. The predicted molar refractivity (Wildman–Crippen MR) is 94.9 cm³/mol. The average molecular weight is 319 g/mol. The Morgan fingerprint density at radius 3 is 2.50 bits per heavy atom. The van der Waals surface area contributed by atoms with Crippen LogP contribution in [0.2, 0.25) is 0 Å². The number of carbonyl (C=O) groups excluding carboxylic acids is 1. The number of rotatable bonds is 5. The highest BCUT2D eigenvalue weighted by Gasteiger charge is 2.08. The molecule has 0 atom stereocenters. The van der Waals surface area contributed by atoms with E-state index in [0.717, 1.165) is 11.4 Å². The van der Waals surface area contributed by atoms with Crippen LogP contribution in [0.15, 0.2) is 72.9 Å². The Kier molecular flexibility index (Phi) is 4.72. The lowest BCUT2D eigenvalue weighted by Gasteiger charge is -2.08. The number of nitrogens with zero attached hydrogens (tertiary/aromatic N) is 1. The van der Waals surface area contributed by atoms with Crippen molar-refractivity contribution >= 4 is 23.1 Å². The fourth-order valence-electron chi connectivity index (χ4n) is 2.18. The molecule has 0 aliphatic heterocycles. The van der Waals surface area contributed by atoms with E-state index < -0.39 is 0 Å². The van der Waals surface area contributed by atoms with Crippen molar-refractivity contribution < 1.29 is 9.53 Å². The summed E-state index contributed by atoms with van der Waals surface area (Å²) in [4.78, 5) is 16.5. The summed E-state index contributed by atoms with van der Waals surface area (Å²) in [5.74, 6) is 0.893. The number of benzene rings is 2. The van der Waals surface area contributed by atoms with Gasteiger partial charge in [-0.3, -0.25) is 4.79 Å². The van der Waals surface area contributed by atoms with Gasteiger partial charge in [-0.2, -0.15) is 0 Å². The molecule has 0 bridgehead atoms. The van der Waals surface area contributed by atoms with Crippen molar-refractivity contribution in [3.05, 3.63) is 78.5 Å². The summed E-state index contributed by atoms with van der Waals surface area (Å²) in [6, 6.07) is 20.4. The average Bonchev–Trinajstić information content (AvgIpc) is 2.64. The van der Waals surface area contributed by atoms with E-state index in [1.807, 2.05) is 36.4 Å². The second kappa shape index (κ2) is 7.28. The van der Waals surface area contributed by atoms with Gasteiger partial charge in [0.25, 0.3) is 5.91 Å². The van der Waals surface area contributed by atoms with Crippen LogP contribution < -0.4 is 15.4 Å². The zero-order chi connectivity index (χ0) is 16.8. The quantitative estimate of drug-likeness (QED) is 0.743. The molecule has 0 saturated carbocycles. The van der Waals surface area contributed by atoms with E-state index in [2.05, 4.69) is 15.6 Å². The number of ether oxygens (including phenoxy) is 1. The number of aromatic nitrogens is 1. The van der Waals surface area contributed by atoms with Crippen LogP contribution in [0.25, 0.3) is 0 Å². The number of nitrogens with one attached hydrogen (secondary N) is 2. The molecule has 3 aromatic rings. The smallest absolute Gasteiger partial charge is 0.256 e. The third kappa shape index (κ3) is 3.89. The van der Waals surface area contributed by atoms with Crippen LogP contribution in [-0.4, -0.2) is 18.0 Å². The third-order valence-corrected chi connectivity index (χ3v) is 3.40. The van der Waals surface area contributed by atoms with Crippen LogP contribution in [0.1, 0.15) is 10.4 Å². The maximum atomic E-state index is 12.2. The van der Waals surface area contributed by atoms with Gasteiger partial charge in [0.2, 0.25) is 0 Å². The largest absolute Gasteiger partial charge is 0.497 e. The first-order chi connectivity index (χ1) is 11.7. The normalized spacial score (nSPS) is 10.0. The molecule has 0 fully saturated rings. The van der Waals surface area contributed by atoms with Gasteiger partial charge in [-0.05, 0) is 42.5 Å². The van der Waals surface area contributed by atoms with Gasteiger partial charge >= 0.3 is 0 Å². The Labute approximate surface area is 140 Å². The van der Waals surface area contributed by atoms with Crippen molar-refractivity contribution in [2.75, 3.05) is 17.7 Å². The van der Waals surface area contributed by atoms with Gasteiger partial charge < -0.3 is 15.4 Å². The number of pyridine rings is 1. The van der Waals surface area contributed by atoms with Gasteiger partial charge in [-0.1, -0.05) is 24.3 Å². The van der Waals surface area contributed by atoms with Crippen LogP contribution in [0.5, 0.6) is 5.75 Å². The number of anilines is 3. The Morgan fingerprint density at radius 1 is 0.958 bits per heavy atom. The molecule has 3 rings (SSSR count). The highest BCUT2D eigenvalue weighted by Crippen LogP contribution is 2.17. The molecule has 0 radical (unpaired) electrons. The molecular weight excluding hydrogens is 302 g/mol. The van der Waals surface area contributed by atoms with E-state index >= 15 is 0 Å². The summed E-state index contributed by atoms with van der Waals surface area (Å²) in [6.07, 6.45) is 1.67. The van der Waals surface area contributed by atoms with Crippen LogP contribution in [0.4, 0.5) is 17.2 Å². The van der Waals surface area contributed by atoms with Gasteiger partial charge in [0.1, 0.15) is 11.6 Å². The van der Waals surface area contributed by atoms with Gasteiger partial charge in [0.15, 0.2) is 0 Å². The molecule has 2 N–H and O–H groups in total. The van der Waals surface area contributed by atoms with Gasteiger partial charge in [-0.15, -0.1) is 0 Å². The highest BCUT2D eigenvalue weighted by molar-refractivity contribution is 6.04. The number of hydrogen-bond donors (Lipinski definition) is 2. The zero-order valence-electron chi connectivity index (χ0n) is 13.2. The Morgan fingerprint density at radius 2 is 1.79 bits per heavy atom. The molecule has 1 aromatic heterocycles. The molecule has 0 aliphatic carbocycles. The second-order valence-corrected chi connectivity index (χ2v) is 5.11. The van der Waals surface area contributed by atoms with Crippen LogP contribution in [-0.2, 0) is 0 Å². The highest BCUT2D eigenvalue weighted by atomic mass is 16.5. The maximum absolute atomic E-state index is 12.2. The fraction of sp³-hybridized carbons (Fsp3) is 0.0526. The molecule has 0 unspecified atom stereocenters. The molecule has 120 valence electrons. The lowest BCUT2D eigenvalue weighted by molar-refractivity contribution is 0.102. The standard InChI is InChI=1S/C19H17N3O2/c1-24-17-9-5-6-14(12-17)19(23)22-18-11-10-16(13-20-18)21-15-7-3-2-4-8-15/h2-13,21H,1H3,(H,20,22,23). The van der Waals surface area contributed by atoms with Gasteiger partial charge in [-0.25, -0.2) is 4.98 Å². The monoisotopic (exact) mass is 319 g/mol. The summed E-state index contributed by atoms with van der Waals surface area (Å²) < 4.78 is 5.12. The molecular formula is C19H17N3O2. The van der Waals surface area contributed by atoms with Gasteiger partial charge in [0, 0.05) is 11.3 Å². The number of hydrogen-bond acceptors (Lipinski definition) is 4. The number of carbonyl (C=O) groups is 1. The molecule has 24 heavy (non-hydrogen) atoms. The van der Waals surface area contributed by atoms with Crippen LogP contribution in [0.3, 0.4) is 0 Å². The topological polar surface area (TPSA) is 63.2 Å². The predicted octanol–water partition coefficient (Wildman–Crippen LogP) is 4.09. The van der Waals surface area contributed by atoms with E-state index in [1.165, 1.54) is 0 Å². The molecule has 0 spiro atoms. The second-order valence-electron chi connectivity index (χ2n) is 5.11. The van der Waals surface area contributed by atoms with E-state index in [9.17, 15) is 4.79 Å². The number of amides is 1. The number of methoxy groups -OCH3 is 1. The first-order valence-corrected chi connectivity index (χ1v) is 7.48. The third-order valence-electron chi connectivity index (χ3n) is 3.40. The van der Waals surface area contributed by atoms with Crippen molar-refractivity contribution in [3.8, 4) is 5.75 Å². The molecule has 5 heteroatoms. The molecule has 1 amide bonds. The van der Waals surface area contributed by atoms with E-state index in [4.69, 9.17) is 4.74 Å². The van der Waals surface area contributed by atoms with E-state index in [-0.39, 0.29) is 5.91 Å². The Hall–Kier alpha value is -3.34. The van der Waals surface area contributed by atoms with Crippen LogP contribution >= 0.6 is 0 Å². The Balaban J connectivity index is 1.66. The summed E-state index contributed by atoms with van der Waals surface area (Å²) in [5.41, 5.74) is 2.34. The first kappa shape index (κ1) is 15.6. The lowest BCUT2D eigenvalue weighted by Crippen LogP contribution is -2.12. The molecule has 0 aliphatic rings. The van der Waals surface area contributed by atoms with Crippen molar-refractivity contribution in [2.45, 2.75) is 0 Å². The van der Waals surface area contributed by atoms with Gasteiger partial charge in [0.05, 0.1) is 19.0 Å².